The highest BCUT2D eigenvalue weighted by Gasteiger charge is 2.33. The van der Waals surface area contributed by atoms with Crippen LogP contribution in [-0.4, -0.2) is 46.6 Å². The maximum atomic E-state index is 5.73. The van der Waals surface area contributed by atoms with Crippen LogP contribution in [-0.2, 0) is 0 Å². The van der Waals surface area contributed by atoms with Crippen LogP contribution in [0.3, 0.4) is 0 Å². The second-order valence-electron chi connectivity index (χ2n) is 5.45. The summed E-state index contributed by atoms with van der Waals surface area (Å²) in [6, 6.07) is 1.16. The number of fused-ring (bicyclic) bond motifs is 1. The van der Waals surface area contributed by atoms with Gasteiger partial charge in [-0.3, -0.25) is 9.88 Å². The minimum Gasteiger partial charge on any atom is -0.382 e. The number of nitrogens with zero attached hydrogens (tertiary/aromatic N) is 4. The maximum absolute atomic E-state index is 5.73. The van der Waals surface area contributed by atoms with E-state index in [9.17, 15) is 0 Å². The molecule has 5 nitrogen and oxygen atoms in total. The molecule has 2 aliphatic heterocycles. The lowest BCUT2D eigenvalue weighted by molar-refractivity contribution is 0.115. The molecule has 98 valence electrons. The van der Waals surface area contributed by atoms with Crippen molar-refractivity contribution in [2.24, 2.45) is 0 Å². The van der Waals surface area contributed by atoms with Gasteiger partial charge in [0.15, 0.2) is 0 Å². The molecule has 3 heterocycles. The van der Waals surface area contributed by atoms with E-state index in [4.69, 9.17) is 5.73 Å². The lowest BCUT2D eigenvalue weighted by Gasteiger charge is -2.47. The zero-order valence-corrected chi connectivity index (χ0v) is 10.9. The average Bonchev–Trinajstić information content (AvgIpc) is 2.38. The number of nitrogen functional groups attached to an aromatic ring is 1. The van der Waals surface area contributed by atoms with E-state index >= 15 is 0 Å². The molecule has 0 amide bonds. The van der Waals surface area contributed by atoms with Crippen LogP contribution in [0.5, 0.6) is 0 Å². The number of anilines is 2. The van der Waals surface area contributed by atoms with Crippen molar-refractivity contribution < 1.29 is 0 Å². The quantitative estimate of drug-likeness (QED) is 0.806. The van der Waals surface area contributed by atoms with Crippen LogP contribution in [0.1, 0.15) is 26.2 Å². The first-order valence-electron chi connectivity index (χ1n) is 6.82. The Morgan fingerprint density at radius 3 is 3.00 bits per heavy atom. The summed E-state index contributed by atoms with van der Waals surface area (Å²) in [6.07, 6.45) is 7.43. The van der Waals surface area contributed by atoms with Gasteiger partial charge in [0.2, 0.25) is 0 Å². The highest BCUT2D eigenvalue weighted by molar-refractivity contribution is 5.43. The van der Waals surface area contributed by atoms with Gasteiger partial charge in [0.1, 0.15) is 11.6 Å². The third-order valence-corrected chi connectivity index (χ3v) is 4.12. The molecule has 0 radical (unpaired) electrons. The second-order valence-corrected chi connectivity index (χ2v) is 5.45. The predicted molar refractivity (Wildman–Crippen MR) is 72.5 cm³/mol. The summed E-state index contributed by atoms with van der Waals surface area (Å²) < 4.78 is 0. The molecule has 2 saturated heterocycles. The van der Waals surface area contributed by atoms with Crippen molar-refractivity contribution >= 4 is 11.6 Å². The van der Waals surface area contributed by atoms with E-state index in [0.717, 1.165) is 18.9 Å². The predicted octanol–water partition coefficient (Wildman–Crippen LogP) is 1.12. The molecule has 2 atom stereocenters. The number of piperazine rings is 1. The molecular weight excluding hydrogens is 226 g/mol. The van der Waals surface area contributed by atoms with E-state index < -0.39 is 0 Å². The van der Waals surface area contributed by atoms with Gasteiger partial charge in [-0.15, -0.1) is 0 Å². The van der Waals surface area contributed by atoms with Gasteiger partial charge in [0, 0.05) is 25.2 Å². The lowest BCUT2D eigenvalue weighted by atomic mass is 9.97. The second kappa shape index (κ2) is 4.72. The Hall–Kier alpha value is -1.36. The van der Waals surface area contributed by atoms with E-state index in [0.29, 0.717) is 17.9 Å². The van der Waals surface area contributed by atoms with Gasteiger partial charge in [-0.1, -0.05) is 6.42 Å². The number of hydrogen-bond donors (Lipinski definition) is 1. The van der Waals surface area contributed by atoms with Crippen molar-refractivity contribution in [2.45, 2.75) is 38.3 Å². The number of nitrogens with two attached hydrogens (primary N) is 1. The Bertz CT molecular complexity index is 422. The molecule has 0 spiro atoms. The summed E-state index contributed by atoms with van der Waals surface area (Å²) in [7, 11) is 0. The Morgan fingerprint density at radius 1 is 1.28 bits per heavy atom. The third-order valence-electron chi connectivity index (χ3n) is 4.12. The summed E-state index contributed by atoms with van der Waals surface area (Å²) in [5, 5.41) is 0. The van der Waals surface area contributed by atoms with Gasteiger partial charge in [-0.2, -0.15) is 0 Å². The minimum atomic E-state index is 0.482. The first-order valence-corrected chi connectivity index (χ1v) is 6.82. The molecule has 2 N–H and O–H groups in total. The molecule has 0 aromatic carbocycles. The molecule has 2 unspecified atom stereocenters. The Morgan fingerprint density at radius 2 is 2.17 bits per heavy atom. The van der Waals surface area contributed by atoms with E-state index in [1.807, 2.05) is 6.20 Å². The highest BCUT2D eigenvalue weighted by atomic mass is 15.3. The van der Waals surface area contributed by atoms with Crippen LogP contribution in [0.25, 0.3) is 0 Å². The Kier molecular flexibility index (Phi) is 3.07. The van der Waals surface area contributed by atoms with Gasteiger partial charge >= 0.3 is 0 Å². The largest absolute Gasteiger partial charge is 0.382 e. The lowest BCUT2D eigenvalue weighted by Crippen LogP contribution is -2.59. The van der Waals surface area contributed by atoms with Gasteiger partial charge in [0.05, 0.1) is 12.4 Å². The van der Waals surface area contributed by atoms with Gasteiger partial charge in [0.25, 0.3) is 0 Å². The molecule has 0 saturated carbocycles. The van der Waals surface area contributed by atoms with Gasteiger partial charge < -0.3 is 10.6 Å². The summed E-state index contributed by atoms with van der Waals surface area (Å²) in [6.45, 7) is 5.70. The summed E-state index contributed by atoms with van der Waals surface area (Å²) in [5.41, 5.74) is 5.73. The molecule has 1 aromatic rings. The summed E-state index contributed by atoms with van der Waals surface area (Å²) in [4.78, 5) is 13.5. The van der Waals surface area contributed by atoms with Crippen molar-refractivity contribution in [2.75, 3.05) is 30.3 Å². The molecule has 18 heavy (non-hydrogen) atoms. The number of piperidine rings is 1. The van der Waals surface area contributed by atoms with Crippen LogP contribution in [0.2, 0.25) is 0 Å². The molecule has 2 aliphatic rings. The van der Waals surface area contributed by atoms with Crippen LogP contribution in [0.15, 0.2) is 12.4 Å². The SMILES string of the molecule is CC1CN2CCCCC2CN1c1cncc(N)n1. The first kappa shape index (κ1) is 11.7. The molecule has 0 bridgehead atoms. The van der Waals surface area contributed by atoms with Crippen molar-refractivity contribution in [3.63, 3.8) is 0 Å². The monoisotopic (exact) mass is 247 g/mol. The van der Waals surface area contributed by atoms with Crippen LogP contribution < -0.4 is 10.6 Å². The van der Waals surface area contributed by atoms with E-state index in [2.05, 4.69) is 26.7 Å². The van der Waals surface area contributed by atoms with Gasteiger partial charge in [-0.25, -0.2) is 4.98 Å². The number of rotatable bonds is 1. The minimum absolute atomic E-state index is 0.482. The Balaban J connectivity index is 1.80. The van der Waals surface area contributed by atoms with Crippen molar-refractivity contribution in [3.8, 4) is 0 Å². The fraction of sp³-hybridized carbons (Fsp3) is 0.692. The van der Waals surface area contributed by atoms with Crippen LogP contribution >= 0.6 is 0 Å². The van der Waals surface area contributed by atoms with Crippen LogP contribution in [0, 0.1) is 0 Å². The normalized spacial score (nSPS) is 29.1. The summed E-state index contributed by atoms with van der Waals surface area (Å²) >= 11 is 0. The zero-order chi connectivity index (χ0) is 12.5. The standard InChI is InChI=1S/C13H21N5/c1-10-8-17-5-3-2-4-11(17)9-18(10)13-7-15-6-12(14)16-13/h6-7,10-11H,2-5,8-9H2,1H3,(H2,14,16). The summed E-state index contributed by atoms with van der Waals surface area (Å²) in [5.74, 6) is 1.43. The highest BCUT2D eigenvalue weighted by Crippen LogP contribution is 2.26. The Labute approximate surface area is 108 Å². The smallest absolute Gasteiger partial charge is 0.149 e. The molecule has 0 aliphatic carbocycles. The number of aromatic nitrogens is 2. The molecule has 1 aromatic heterocycles. The topological polar surface area (TPSA) is 58.3 Å². The molecular formula is C13H21N5. The fourth-order valence-corrected chi connectivity index (χ4v) is 3.18. The van der Waals surface area contributed by atoms with E-state index in [1.54, 1.807) is 6.20 Å². The zero-order valence-electron chi connectivity index (χ0n) is 10.9. The molecule has 3 rings (SSSR count). The number of hydrogen-bond acceptors (Lipinski definition) is 5. The van der Waals surface area contributed by atoms with E-state index in [1.165, 1.54) is 25.8 Å². The van der Waals surface area contributed by atoms with Crippen molar-refractivity contribution in [3.05, 3.63) is 12.4 Å². The van der Waals surface area contributed by atoms with Crippen molar-refractivity contribution in [1.29, 1.82) is 0 Å². The first-order chi connectivity index (χ1) is 8.74. The van der Waals surface area contributed by atoms with Crippen LogP contribution in [0.4, 0.5) is 11.6 Å². The van der Waals surface area contributed by atoms with E-state index in [-0.39, 0.29) is 0 Å². The average molecular weight is 247 g/mol. The molecule has 2 fully saturated rings. The molecule has 5 heteroatoms. The maximum Gasteiger partial charge on any atom is 0.149 e. The fourth-order valence-electron chi connectivity index (χ4n) is 3.18. The van der Waals surface area contributed by atoms with Crippen molar-refractivity contribution in [1.82, 2.24) is 14.9 Å². The van der Waals surface area contributed by atoms with Gasteiger partial charge in [-0.05, 0) is 26.3 Å². The third kappa shape index (κ3) is 2.14.